The molecule has 2 aromatic heterocycles. The van der Waals surface area contributed by atoms with Gasteiger partial charge in [-0.05, 0) is 31.0 Å². The number of hydrogen-bond acceptors (Lipinski definition) is 9. The number of nitrogens with zero attached hydrogens (tertiary/aromatic N) is 5. The molecule has 3 heterocycles. The third-order valence-corrected chi connectivity index (χ3v) is 12.5. The third-order valence-electron chi connectivity index (χ3n) is 8.06. The van der Waals surface area contributed by atoms with Crippen molar-refractivity contribution in [2.45, 2.75) is 95.7 Å². The molecule has 38 heavy (non-hydrogen) atoms. The Bertz CT molecular complexity index is 1180. The van der Waals surface area contributed by atoms with Crippen LogP contribution >= 0.6 is 0 Å². The number of fused-ring (bicyclic) bond motifs is 1. The van der Waals surface area contributed by atoms with Crippen LogP contribution in [-0.4, -0.2) is 88.1 Å². The van der Waals surface area contributed by atoms with Crippen molar-refractivity contribution in [3.8, 4) is 0 Å². The number of carbonyl (C=O) groups excluding carboxylic acids is 1. The summed E-state index contributed by atoms with van der Waals surface area (Å²) in [6.07, 6.45) is -0.793. The standard InChI is InChI=1S/C25H41FN6O5Si/c1-14(2)21(35)30-23-28-19(31(6)15-9-10-15)17-20(29-23)32(13-27-17)22-16(26)18(25(11-33,12-34)36-22)37-38(7,8)24(3,4)5/h13-16,18,22,33-34H,9-12H2,1-8H3,(H,28,29,30,35)/t16-,18+,22-/m1/s1. The van der Waals surface area contributed by atoms with Crippen LogP contribution in [0.5, 0.6) is 0 Å². The van der Waals surface area contributed by atoms with E-state index in [1.54, 1.807) is 13.8 Å². The summed E-state index contributed by atoms with van der Waals surface area (Å²) in [7, 11) is -0.611. The number of nitrogens with one attached hydrogen (secondary N) is 1. The average Bonchev–Trinajstić information content (AvgIpc) is 3.56. The van der Waals surface area contributed by atoms with Crippen LogP contribution < -0.4 is 10.2 Å². The monoisotopic (exact) mass is 552 g/mol. The van der Waals surface area contributed by atoms with Crippen molar-refractivity contribution >= 4 is 37.2 Å². The van der Waals surface area contributed by atoms with Crippen LogP contribution in [0.2, 0.25) is 18.1 Å². The number of carbonyl (C=O) groups is 1. The Hall–Kier alpha value is -2.19. The highest BCUT2D eigenvalue weighted by Gasteiger charge is 2.59. The predicted octanol–water partition coefficient (Wildman–Crippen LogP) is 3.00. The van der Waals surface area contributed by atoms with Crippen molar-refractivity contribution < 1.29 is 28.6 Å². The van der Waals surface area contributed by atoms with Crippen molar-refractivity contribution in [3.05, 3.63) is 6.33 Å². The van der Waals surface area contributed by atoms with E-state index in [0.717, 1.165) is 12.8 Å². The second-order valence-corrected chi connectivity index (χ2v) is 17.1. The SMILES string of the molecule is CC(C)C(=O)Nc1nc(N(C)C2CC2)c2ncn([C@@H]3OC(CO)(CO)[C@@H](O[Si](C)(C)C(C)(C)C)[C@H]3F)c2n1. The van der Waals surface area contributed by atoms with E-state index in [2.05, 4.69) is 20.3 Å². The topological polar surface area (TPSA) is 135 Å². The first-order chi connectivity index (χ1) is 17.7. The third kappa shape index (κ3) is 5.06. The molecule has 0 unspecified atom stereocenters. The Morgan fingerprint density at radius 1 is 1.32 bits per heavy atom. The summed E-state index contributed by atoms with van der Waals surface area (Å²) in [6, 6.07) is 0.294. The Morgan fingerprint density at radius 3 is 2.47 bits per heavy atom. The predicted molar refractivity (Wildman–Crippen MR) is 144 cm³/mol. The fourth-order valence-electron chi connectivity index (χ4n) is 4.27. The Balaban J connectivity index is 1.79. The lowest BCUT2D eigenvalue weighted by molar-refractivity contribution is -0.146. The van der Waals surface area contributed by atoms with E-state index in [1.807, 2.05) is 45.8 Å². The van der Waals surface area contributed by atoms with Crippen LogP contribution in [0.3, 0.4) is 0 Å². The number of alkyl halides is 1. The normalized spacial score (nSPS) is 23.8. The summed E-state index contributed by atoms with van der Waals surface area (Å²) in [6.45, 7) is 12.3. The van der Waals surface area contributed by atoms with E-state index < -0.39 is 45.6 Å². The van der Waals surface area contributed by atoms with Crippen LogP contribution in [0, 0.1) is 5.92 Å². The smallest absolute Gasteiger partial charge is 0.233 e. The zero-order valence-electron chi connectivity index (χ0n) is 23.5. The fraction of sp³-hybridized carbons (Fsp3) is 0.760. The number of imidazole rings is 1. The van der Waals surface area contributed by atoms with Gasteiger partial charge in [-0.3, -0.25) is 14.7 Å². The van der Waals surface area contributed by atoms with E-state index in [9.17, 15) is 15.0 Å². The van der Waals surface area contributed by atoms with E-state index in [-0.39, 0.29) is 28.5 Å². The molecule has 3 atom stereocenters. The molecular weight excluding hydrogens is 511 g/mol. The van der Waals surface area contributed by atoms with Gasteiger partial charge in [-0.1, -0.05) is 34.6 Å². The van der Waals surface area contributed by atoms with Crippen LogP contribution in [0.4, 0.5) is 16.2 Å². The van der Waals surface area contributed by atoms with Gasteiger partial charge in [0.05, 0.1) is 19.5 Å². The molecular formula is C25H41FN6O5Si. The highest BCUT2D eigenvalue weighted by atomic mass is 28.4. The summed E-state index contributed by atoms with van der Waals surface area (Å²) in [5, 5.41) is 23.1. The van der Waals surface area contributed by atoms with Crippen molar-refractivity contribution in [1.82, 2.24) is 19.5 Å². The second-order valence-electron chi connectivity index (χ2n) is 12.3. The lowest BCUT2D eigenvalue weighted by atomic mass is 9.98. The average molecular weight is 553 g/mol. The Morgan fingerprint density at radius 2 is 1.95 bits per heavy atom. The molecule has 4 rings (SSSR count). The van der Waals surface area contributed by atoms with Crippen molar-refractivity contribution in [1.29, 1.82) is 0 Å². The highest BCUT2D eigenvalue weighted by molar-refractivity contribution is 6.74. The van der Waals surface area contributed by atoms with Gasteiger partial charge in [0.1, 0.15) is 11.7 Å². The summed E-state index contributed by atoms with van der Waals surface area (Å²) in [5.74, 6) is 0.0605. The molecule has 0 aromatic carbocycles. The molecule has 1 saturated heterocycles. The zero-order chi connectivity index (χ0) is 28.2. The number of aromatic nitrogens is 4. The van der Waals surface area contributed by atoms with E-state index in [1.165, 1.54) is 10.9 Å². The zero-order valence-corrected chi connectivity index (χ0v) is 24.5. The van der Waals surface area contributed by atoms with Gasteiger partial charge in [0.2, 0.25) is 11.9 Å². The lowest BCUT2D eigenvalue weighted by Crippen LogP contribution is -2.56. The molecule has 13 heteroatoms. The number of aliphatic hydroxyl groups is 2. The maximum Gasteiger partial charge on any atom is 0.233 e. The van der Waals surface area contributed by atoms with Gasteiger partial charge in [0.15, 0.2) is 37.7 Å². The minimum atomic E-state index is -2.52. The Kier molecular flexibility index (Phi) is 7.64. The summed E-state index contributed by atoms with van der Waals surface area (Å²) >= 11 is 0. The van der Waals surface area contributed by atoms with Gasteiger partial charge in [-0.25, -0.2) is 9.37 Å². The van der Waals surface area contributed by atoms with E-state index >= 15 is 4.39 Å². The molecule has 3 N–H and O–H groups in total. The Labute approximate surface area is 223 Å². The lowest BCUT2D eigenvalue weighted by Gasteiger charge is -2.42. The van der Waals surface area contributed by atoms with Gasteiger partial charge in [0.25, 0.3) is 0 Å². The van der Waals surface area contributed by atoms with Crippen molar-refractivity contribution in [2.75, 3.05) is 30.5 Å². The molecule has 1 aliphatic carbocycles. The molecule has 1 saturated carbocycles. The van der Waals surface area contributed by atoms with Gasteiger partial charge >= 0.3 is 0 Å². The van der Waals surface area contributed by atoms with Crippen LogP contribution in [0.15, 0.2) is 6.33 Å². The molecule has 2 aliphatic rings. The molecule has 1 amide bonds. The van der Waals surface area contributed by atoms with Gasteiger partial charge in [-0.15, -0.1) is 0 Å². The number of halogens is 1. The maximum atomic E-state index is 16.3. The molecule has 0 spiro atoms. The van der Waals surface area contributed by atoms with Gasteiger partial charge in [0, 0.05) is 19.0 Å². The number of anilines is 2. The van der Waals surface area contributed by atoms with Crippen LogP contribution in [0.1, 0.15) is 53.7 Å². The number of aliphatic hydroxyl groups excluding tert-OH is 2. The fourth-order valence-corrected chi connectivity index (χ4v) is 5.61. The van der Waals surface area contributed by atoms with Crippen LogP contribution in [-0.2, 0) is 14.0 Å². The minimum absolute atomic E-state index is 0.0820. The molecule has 0 bridgehead atoms. The van der Waals surface area contributed by atoms with Crippen molar-refractivity contribution in [3.63, 3.8) is 0 Å². The largest absolute Gasteiger partial charge is 0.408 e. The number of amides is 1. The van der Waals surface area contributed by atoms with Gasteiger partial charge < -0.3 is 24.3 Å². The number of hydrogen-bond donors (Lipinski definition) is 3. The van der Waals surface area contributed by atoms with Gasteiger partial charge in [-0.2, -0.15) is 9.97 Å². The first-order valence-electron chi connectivity index (χ1n) is 13.2. The molecule has 0 radical (unpaired) electrons. The van der Waals surface area contributed by atoms with Crippen LogP contribution in [0.25, 0.3) is 11.2 Å². The summed E-state index contributed by atoms with van der Waals surface area (Å²) in [5.41, 5.74) is -0.956. The number of rotatable bonds is 9. The molecule has 2 fully saturated rings. The summed E-state index contributed by atoms with van der Waals surface area (Å²) in [4.78, 5) is 28.0. The first kappa shape index (κ1) is 28.8. The highest BCUT2D eigenvalue weighted by Crippen LogP contribution is 2.46. The minimum Gasteiger partial charge on any atom is -0.408 e. The second kappa shape index (κ2) is 10.1. The van der Waals surface area contributed by atoms with Crippen molar-refractivity contribution in [2.24, 2.45) is 5.92 Å². The van der Waals surface area contributed by atoms with E-state index in [0.29, 0.717) is 17.4 Å². The maximum absolute atomic E-state index is 16.3. The quantitative estimate of drug-likeness (QED) is 0.401. The molecule has 1 aliphatic heterocycles. The number of ether oxygens (including phenoxy) is 1. The molecule has 11 nitrogen and oxygen atoms in total. The molecule has 2 aromatic rings. The first-order valence-corrected chi connectivity index (χ1v) is 16.1. The molecule has 212 valence electrons. The van der Waals surface area contributed by atoms with E-state index in [4.69, 9.17) is 9.16 Å². The summed E-state index contributed by atoms with van der Waals surface area (Å²) < 4.78 is 30.3.